The van der Waals surface area contributed by atoms with Crippen molar-refractivity contribution in [3.05, 3.63) is 138 Å². The molecule has 4 aromatic rings. The van der Waals surface area contributed by atoms with Gasteiger partial charge in [-0.3, -0.25) is 9.59 Å². The molecule has 4 atom stereocenters. The number of carbonyl (C=O) groups excluding carboxylic acids is 2. The molecule has 0 radical (unpaired) electrons. The molecule has 4 rings (SSSR count). The first-order chi connectivity index (χ1) is 30.8. The Balaban J connectivity index is 1.54. The van der Waals surface area contributed by atoms with Crippen LogP contribution in [0.3, 0.4) is 0 Å². The molecule has 20 heteroatoms. The summed E-state index contributed by atoms with van der Waals surface area (Å²) in [5.74, 6) is -3.73. The van der Waals surface area contributed by atoms with E-state index in [0.717, 1.165) is 33.4 Å². The lowest BCUT2D eigenvalue weighted by molar-refractivity contribution is -0.152. The molecule has 0 saturated heterocycles. The Morgan fingerprint density at radius 2 is 1.11 bits per heavy atom. The predicted octanol–water partition coefficient (Wildman–Crippen LogP) is 9.40. The highest BCUT2D eigenvalue weighted by atomic mass is 35.5. The first-order valence-corrected chi connectivity index (χ1v) is 20.5. The molecule has 338 valence electrons. The third-order valence-corrected chi connectivity index (χ3v) is 10.6. The summed E-state index contributed by atoms with van der Waals surface area (Å²) in [4.78, 5) is 39.9. The molecule has 0 aliphatic carbocycles. The monoisotopic (exact) mass is 918 g/mol. The largest absolute Gasteiger partial charge is 0.481 e. The Morgan fingerprint density at radius 1 is 0.719 bits per heavy atom. The zero-order chi connectivity index (χ0) is 46.8. The highest BCUT2D eigenvalue weighted by Gasteiger charge is 2.34. The van der Waals surface area contributed by atoms with Crippen LogP contribution in [0.5, 0.6) is 23.5 Å². The first kappa shape index (κ1) is 50.1. The van der Waals surface area contributed by atoms with E-state index in [1.54, 1.807) is 0 Å². The van der Waals surface area contributed by atoms with Gasteiger partial charge >= 0.3 is 11.9 Å². The lowest BCUT2D eigenvalue weighted by atomic mass is 9.92. The number of aliphatic hydroxyl groups is 2. The number of rotatable bonds is 25. The number of aliphatic hydroxyl groups excluding tert-OH is 2. The summed E-state index contributed by atoms with van der Waals surface area (Å²) in [6.45, 7) is 10.8. The average Bonchev–Trinajstić information content (AvgIpc) is 3.29. The van der Waals surface area contributed by atoms with Crippen LogP contribution in [-0.4, -0.2) is 72.6 Å². The minimum atomic E-state index is -1.47. The Labute approximate surface area is 379 Å². The number of carbonyl (C=O) groups is 2. The number of halogens is 2. The molecule has 4 unspecified atom stereocenters. The minimum Gasteiger partial charge on any atom is -0.481 e. The van der Waals surface area contributed by atoms with Gasteiger partial charge in [0.25, 0.3) is 0 Å². The maximum absolute atomic E-state index is 12.8. The molecule has 64 heavy (non-hydrogen) atoms. The van der Waals surface area contributed by atoms with Crippen molar-refractivity contribution < 1.29 is 48.2 Å². The SMILES string of the molecule is C=CCOC(=O)C(CCN=[N+]=[N-])C(O)c1cc(Cl)c(OCc2cccc(-c3cccc(COc4nc(OC)c(C(O)C(CCN=[N+]=[N-])C(=O)OCC=C)cc4Cl)c3C)c2C)nc1OC. The van der Waals surface area contributed by atoms with Crippen molar-refractivity contribution in [2.75, 3.05) is 40.5 Å². The first-order valence-electron chi connectivity index (χ1n) is 19.7. The number of pyridine rings is 2. The van der Waals surface area contributed by atoms with Gasteiger partial charge in [-0.25, -0.2) is 0 Å². The molecule has 0 amide bonds. The van der Waals surface area contributed by atoms with Crippen molar-refractivity contribution in [3.63, 3.8) is 0 Å². The normalized spacial score (nSPS) is 12.6. The van der Waals surface area contributed by atoms with Crippen LogP contribution in [-0.2, 0) is 32.3 Å². The predicted molar refractivity (Wildman–Crippen MR) is 238 cm³/mol. The smallest absolute Gasteiger partial charge is 0.312 e. The number of hydrogen-bond donors (Lipinski definition) is 2. The molecule has 0 spiro atoms. The summed E-state index contributed by atoms with van der Waals surface area (Å²) in [6.07, 6.45) is -0.198. The van der Waals surface area contributed by atoms with Gasteiger partial charge in [-0.1, -0.05) is 95.1 Å². The van der Waals surface area contributed by atoms with Crippen LogP contribution >= 0.6 is 23.2 Å². The summed E-state index contributed by atoms with van der Waals surface area (Å²) in [7, 11) is 2.70. The summed E-state index contributed by atoms with van der Waals surface area (Å²) in [5.41, 5.74) is 23.0. The molecule has 0 fully saturated rings. The molecule has 0 aliphatic rings. The van der Waals surface area contributed by atoms with Crippen molar-refractivity contribution in [1.29, 1.82) is 0 Å². The van der Waals surface area contributed by atoms with E-state index in [9.17, 15) is 19.8 Å². The van der Waals surface area contributed by atoms with E-state index in [1.807, 2.05) is 50.2 Å². The Bertz CT molecular complexity index is 2240. The number of nitrogens with zero attached hydrogens (tertiary/aromatic N) is 8. The number of benzene rings is 2. The van der Waals surface area contributed by atoms with Gasteiger partial charge < -0.3 is 38.6 Å². The second kappa shape index (κ2) is 24.9. The summed E-state index contributed by atoms with van der Waals surface area (Å²) < 4.78 is 33.5. The summed E-state index contributed by atoms with van der Waals surface area (Å²) in [6, 6.07) is 14.4. The highest BCUT2D eigenvalue weighted by molar-refractivity contribution is 6.32. The van der Waals surface area contributed by atoms with Gasteiger partial charge in [-0.2, -0.15) is 9.97 Å². The number of methoxy groups -OCH3 is 2. The number of azide groups is 2. The lowest BCUT2D eigenvalue weighted by Crippen LogP contribution is -2.26. The van der Waals surface area contributed by atoms with Crippen LogP contribution in [0.1, 0.15) is 58.4 Å². The highest BCUT2D eigenvalue weighted by Crippen LogP contribution is 2.39. The maximum Gasteiger partial charge on any atom is 0.312 e. The minimum absolute atomic E-state index is 0.0190. The van der Waals surface area contributed by atoms with Crippen LogP contribution in [0.25, 0.3) is 32.0 Å². The summed E-state index contributed by atoms with van der Waals surface area (Å²) >= 11 is 13.3. The van der Waals surface area contributed by atoms with Crippen LogP contribution in [0.2, 0.25) is 10.0 Å². The van der Waals surface area contributed by atoms with Crippen molar-refractivity contribution in [1.82, 2.24) is 9.97 Å². The van der Waals surface area contributed by atoms with Gasteiger partial charge in [0.2, 0.25) is 23.5 Å². The molecule has 0 bridgehead atoms. The molecular weight excluding hydrogens is 871 g/mol. The van der Waals surface area contributed by atoms with Crippen molar-refractivity contribution >= 4 is 35.1 Å². The van der Waals surface area contributed by atoms with Crippen molar-refractivity contribution in [2.24, 2.45) is 22.1 Å². The van der Waals surface area contributed by atoms with E-state index < -0.39 is 36.0 Å². The van der Waals surface area contributed by atoms with Crippen LogP contribution in [0.15, 0.2) is 84.1 Å². The topological polar surface area (TPSA) is 253 Å². The van der Waals surface area contributed by atoms with Gasteiger partial charge in [0.15, 0.2) is 0 Å². The van der Waals surface area contributed by atoms with Gasteiger partial charge in [0.1, 0.15) is 36.5 Å². The van der Waals surface area contributed by atoms with E-state index in [-0.39, 0.29) is 97.1 Å². The zero-order valence-corrected chi connectivity index (χ0v) is 37.2. The van der Waals surface area contributed by atoms with Crippen LogP contribution in [0.4, 0.5) is 0 Å². The number of hydrogen-bond acceptors (Lipinski definition) is 14. The maximum atomic E-state index is 12.8. The molecule has 0 aliphatic heterocycles. The Kier molecular flexibility index (Phi) is 19.5. The van der Waals surface area contributed by atoms with E-state index >= 15 is 0 Å². The third kappa shape index (κ3) is 12.8. The third-order valence-electron chi connectivity index (χ3n) is 10.1. The van der Waals surface area contributed by atoms with Gasteiger partial charge in [0, 0.05) is 34.0 Å². The van der Waals surface area contributed by atoms with Gasteiger partial charge in [-0.05, 0) is 83.3 Å². The quantitative estimate of drug-likeness (QED) is 0.0207. The molecule has 2 aromatic carbocycles. The lowest BCUT2D eigenvalue weighted by Gasteiger charge is -2.23. The fraction of sp³-hybridized carbons (Fsp3) is 0.364. The summed E-state index contributed by atoms with van der Waals surface area (Å²) in [5, 5.41) is 29.7. The fourth-order valence-corrected chi connectivity index (χ4v) is 7.10. The fourth-order valence-electron chi connectivity index (χ4n) is 6.67. The van der Waals surface area contributed by atoms with E-state index in [2.05, 4.69) is 43.2 Å². The number of esters is 2. The van der Waals surface area contributed by atoms with E-state index in [4.69, 9.17) is 62.7 Å². The second-order valence-electron chi connectivity index (χ2n) is 13.9. The molecule has 2 aromatic heterocycles. The Morgan fingerprint density at radius 3 is 1.45 bits per heavy atom. The molecular formula is C44H48Cl2N8O10. The van der Waals surface area contributed by atoms with E-state index in [0.29, 0.717) is 0 Å². The number of aromatic nitrogens is 2. The zero-order valence-electron chi connectivity index (χ0n) is 35.6. The molecule has 0 saturated carbocycles. The second-order valence-corrected chi connectivity index (χ2v) is 14.7. The molecule has 2 heterocycles. The molecule has 2 N–H and O–H groups in total. The standard InChI is InChI=1S/C44H48Cl2N8O10/c1-7-19-61-43(57)31(15-17-49-53-47)37(55)33-21-35(45)41(51-39(33)59-5)63-23-27-11-9-13-29(25(27)3)30-14-10-12-28(26(30)4)24-64-42-36(46)22-34(40(52-42)60-6)38(56)32(16-18-50-54-48)44(58)62-20-8-2/h7-14,21-22,31-32,37-38,55-56H,1-2,15-20,23-24H2,3-6H3. The van der Waals surface area contributed by atoms with Crippen LogP contribution in [0, 0.1) is 25.7 Å². The Hall–Kier alpha value is -6.52. The molecule has 18 nitrogen and oxygen atoms in total. The average molecular weight is 920 g/mol. The van der Waals surface area contributed by atoms with Crippen LogP contribution < -0.4 is 18.9 Å². The number of ether oxygens (including phenoxy) is 6. The van der Waals surface area contributed by atoms with Crippen molar-refractivity contribution in [3.8, 4) is 34.6 Å². The van der Waals surface area contributed by atoms with Gasteiger partial charge in [-0.15, -0.1) is 0 Å². The van der Waals surface area contributed by atoms with Crippen molar-refractivity contribution in [2.45, 2.75) is 52.1 Å². The van der Waals surface area contributed by atoms with E-state index in [1.165, 1.54) is 38.5 Å². The van der Waals surface area contributed by atoms with Gasteiger partial charge in [0.05, 0.1) is 38.3 Å².